The molecule has 2 amide bonds. The number of aryl methyl sites for hydroxylation is 1. The minimum Gasteiger partial charge on any atom is -0.382 e. The lowest BCUT2D eigenvalue weighted by molar-refractivity contribution is 0.187. The first-order chi connectivity index (χ1) is 13.8. The Hall–Kier alpha value is -2.54. The minimum atomic E-state index is -3.60. The summed E-state index contributed by atoms with van der Waals surface area (Å²) in [5.41, 5.74) is 2.68. The van der Waals surface area contributed by atoms with Gasteiger partial charge in [0, 0.05) is 18.3 Å². The molecule has 0 aliphatic carbocycles. The molecular weight excluding hydrogens is 388 g/mol. The molecule has 2 aromatic carbocycles. The van der Waals surface area contributed by atoms with E-state index in [2.05, 4.69) is 5.32 Å². The van der Waals surface area contributed by atoms with E-state index < -0.39 is 10.1 Å². The SMILES string of the molecule is CCc1ccccc1NC(=O)N(Cc1cccc(OS(=O)(=O)CC)c1)[C@@H](C)CC. The molecule has 0 aliphatic heterocycles. The quantitative estimate of drug-likeness (QED) is 0.593. The molecule has 29 heavy (non-hydrogen) atoms. The van der Waals surface area contributed by atoms with Crippen LogP contribution in [0.3, 0.4) is 0 Å². The number of rotatable bonds is 9. The number of carbonyl (C=O) groups is 1. The fraction of sp³-hybridized carbons (Fsp3) is 0.409. The summed E-state index contributed by atoms with van der Waals surface area (Å²) in [6.07, 6.45) is 1.62. The van der Waals surface area contributed by atoms with Gasteiger partial charge < -0.3 is 14.4 Å². The van der Waals surface area contributed by atoms with Gasteiger partial charge in [0.25, 0.3) is 0 Å². The van der Waals surface area contributed by atoms with Crippen LogP contribution in [-0.4, -0.2) is 31.1 Å². The normalized spacial score (nSPS) is 12.3. The van der Waals surface area contributed by atoms with E-state index in [-0.39, 0.29) is 23.6 Å². The summed E-state index contributed by atoms with van der Waals surface area (Å²) in [6, 6.07) is 14.4. The highest BCUT2D eigenvalue weighted by atomic mass is 32.2. The summed E-state index contributed by atoms with van der Waals surface area (Å²) in [6.45, 7) is 7.94. The van der Waals surface area contributed by atoms with E-state index in [9.17, 15) is 13.2 Å². The van der Waals surface area contributed by atoms with E-state index in [0.29, 0.717) is 6.54 Å². The van der Waals surface area contributed by atoms with Crippen LogP contribution in [-0.2, 0) is 23.1 Å². The lowest BCUT2D eigenvalue weighted by atomic mass is 10.1. The van der Waals surface area contributed by atoms with Gasteiger partial charge in [-0.2, -0.15) is 8.42 Å². The van der Waals surface area contributed by atoms with Gasteiger partial charge in [0.15, 0.2) is 0 Å². The van der Waals surface area contributed by atoms with E-state index in [0.717, 1.165) is 29.7 Å². The van der Waals surface area contributed by atoms with Crippen LogP contribution in [0.1, 0.15) is 45.2 Å². The average molecular weight is 419 g/mol. The van der Waals surface area contributed by atoms with E-state index in [4.69, 9.17) is 4.18 Å². The molecule has 0 saturated heterocycles. The average Bonchev–Trinajstić information content (AvgIpc) is 2.71. The fourth-order valence-corrected chi connectivity index (χ4v) is 3.40. The van der Waals surface area contributed by atoms with Crippen molar-refractivity contribution in [3.63, 3.8) is 0 Å². The predicted molar refractivity (Wildman–Crippen MR) is 117 cm³/mol. The highest BCUT2D eigenvalue weighted by Crippen LogP contribution is 2.21. The summed E-state index contributed by atoms with van der Waals surface area (Å²) in [4.78, 5) is 14.8. The van der Waals surface area contributed by atoms with Crippen molar-refractivity contribution in [3.8, 4) is 5.75 Å². The maximum atomic E-state index is 13.0. The number of nitrogens with one attached hydrogen (secondary N) is 1. The first kappa shape index (κ1) is 22.7. The monoisotopic (exact) mass is 418 g/mol. The highest BCUT2D eigenvalue weighted by Gasteiger charge is 2.20. The molecule has 2 rings (SSSR count). The molecule has 0 radical (unpaired) electrons. The molecule has 0 unspecified atom stereocenters. The first-order valence-electron chi connectivity index (χ1n) is 9.96. The number of hydrogen-bond donors (Lipinski definition) is 1. The van der Waals surface area contributed by atoms with Crippen molar-refractivity contribution in [1.29, 1.82) is 0 Å². The van der Waals surface area contributed by atoms with Gasteiger partial charge in [-0.15, -0.1) is 0 Å². The van der Waals surface area contributed by atoms with Gasteiger partial charge in [-0.3, -0.25) is 0 Å². The van der Waals surface area contributed by atoms with Gasteiger partial charge >= 0.3 is 16.1 Å². The predicted octanol–water partition coefficient (Wildman–Crippen LogP) is 4.81. The first-order valence-corrected chi connectivity index (χ1v) is 11.5. The van der Waals surface area contributed by atoms with Crippen molar-refractivity contribution in [1.82, 2.24) is 4.90 Å². The van der Waals surface area contributed by atoms with Crippen molar-refractivity contribution >= 4 is 21.8 Å². The maximum absolute atomic E-state index is 13.0. The zero-order valence-corrected chi connectivity index (χ0v) is 18.3. The zero-order chi connectivity index (χ0) is 21.4. The van der Waals surface area contributed by atoms with Gasteiger partial charge in [-0.25, -0.2) is 4.79 Å². The van der Waals surface area contributed by atoms with Crippen LogP contribution >= 0.6 is 0 Å². The van der Waals surface area contributed by atoms with Crippen LogP contribution in [0.5, 0.6) is 5.75 Å². The van der Waals surface area contributed by atoms with Gasteiger partial charge in [0.2, 0.25) is 0 Å². The van der Waals surface area contributed by atoms with Crippen molar-refractivity contribution in [2.75, 3.05) is 11.1 Å². The van der Waals surface area contributed by atoms with Crippen molar-refractivity contribution in [2.45, 2.75) is 53.1 Å². The Morgan fingerprint density at radius 1 is 1.10 bits per heavy atom. The van der Waals surface area contributed by atoms with Crippen LogP contribution in [0.4, 0.5) is 10.5 Å². The third kappa shape index (κ3) is 6.49. The van der Waals surface area contributed by atoms with Crippen molar-refractivity contribution < 1.29 is 17.4 Å². The van der Waals surface area contributed by atoms with Crippen LogP contribution in [0.15, 0.2) is 48.5 Å². The molecule has 0 aromatic heterocycles. The van der Waals surface area contributed by atoms with Crippen LogP contribution in [0.25, 0.3) is 0 Å². The van der Waals surface area contributed by atoms with Gasteiger partial charge in [-0.05, 0) is 56.0 Å². The molecule has 0 fully saturated rings. The number of amides is 2. The second kappa shape index (κ2) is 10.3. The Labute approximate surface area is 174 Å². The number of benzene rings is 2. The number of para-hydroxylation sites is 1. The molecule has 2 aromatic rings. The number of nitrogens with zero attached hydrogens (tertiary/aromatic N) is 1. The summed E-state index contributed by atoms with van der Waals surface area (Å²) in [5.74, 6) is 0.153. The molecular formula is C22H30N2O4S. The molecule has 0 saturated carbocycles. The lowest BCUT2D eigenvalue weighted by Gasteiger charge is -2.29. The molecule has 0 heterocycles. The van der Waals surface area contributed by atoms with Gasteiger partial charge in [0.05, 0.1) is 5.75 Å². The number of hydrogen-bond acceptors (Lipinski definition) is 4. The van der Waals surface area contributed by atoms with E-state index in [1.165, 1.54) is 6.92 Å². The summed E-state index contributed by atoms with van der Waals surface area (Å²) in [7, 11) is -3.60. The maximum Gasteiger partial charge on any atom is 0.322 e. The number of urea groups is 1. The van der Waals surface area contributed by atoms with Gasteiger partial charge in [0.1, 0.15) is 5.75 Å². The molecule has 1 N–H and O–H groups in total. The third-order valence-corrected chi connectivity index (χ3v) is 6.01. The Morgan fingerprint density at radius 2 is 1.83 bits per heavy atom. The summed E-state index contributed by atoms with van der Waals surface area (Å²) < 4.78 is 28.6. The Bertz CT molecular complexity index is 928. The number of anilines is 1. The molecule has 158 valence electrons. The van der Waals surface area contributed by atoms with Crippen LogP contribution in [0, 0.1) is 0 Å². The summed E-state index contributed by atoms with van der Waals surface area (Å²) in [5, 5.41) is 3.02. The second-order valence-corrected chi connectivity index (χ2v) is 8.76. The minimum absolute atomic E-state index is 0.00716. The molecule has 0 spiro atoms. The lowest BCUT2D eigenvalue weighted by Crippen LogP contribution is -2.40. The molecule has 0 aliphatic rings. The smallest absolute Gasteiger partial charge is 0.322 e. The molecule has 6 nitrogen and oxygen atoms in total. The molecule has 7 heteroatoms. The molecule has 1 atom stereocenters. The van der Waals surface area contributed by atoms with E-state index in [1.807, 2.05) is 51.1 Å². The third-order valence-electron chi connectivity index (χ3n) is 4.85. The zero-order valence-electron chi connectivity index (χ0n) is 17.5. The molecule has 0 bridgehead atoms. The largest absolute Gasteiger partial charge is 0.382 e. The Balaban J connectivity index is 2.22. The van der Waals surface area contributed by atoms with Crippen molar-refractivity contribution in [3.05, 3.63) is 59.7 Å². The second-order valence-electron chi connectivity index (χ2n) is 6.90. The Morgan fingerprint density at radius 3 is 2.48 bits per heavy atom. The van der Waals surface area contributed by atoms with Gasteiger partial charge in [-0.1, -0.05) is 44.2 Å². The number of carbonyl (C=O) groups excluding carboxylic acids is 1. The fourth-order valence-electron chi connectivity index (χ4n) is 2.88. The topological polar surface area (TPSA) is 75.7 Å². The Kier molecular flexibility index (Phi) is 8.08. The van der Waals surface area contributed by atoms with Crippen molar-refractivity contribution in [2.24, 2.45) is 0 Å². The van der Waals surface area contributed by atoms with Crippen LogP contribution in [0.2, 0.25) is 0 Å². The van der Waals surface area contributed by atoms with E-state index in [1.54, 1.807) is 23.1 Å². The highest BCUT2D eigenvalue weighted by molar-refractivity contribution is 7.87. The van der Waals surface area contributed by atoms with Crippen LogP contribution < -0.4 is 9.50 Å². The summed E-state index contributed by atoms with van der Waals surface area (Å²) >= 11 is 0. The van der Waals surface area contributed by atoms with E-state index >= 15 is 0 Å². The standard InChI is InChI=1S/C22H30N2O4S/c1-5-17(4)24(22(25)23-21-14-9-8-12-19(21)6-2)16-18-11-10-13-20(15-18)28-29(26,27)7-3/h8-15,17H,5-7,16H2,1-4H3,(H,23,25)/t17-/m0/s1.